The zero-order valence-corrected chi connectivity index (χ0v) is 60.5. The van der Waals surface area contributed by atoms with Gasteiger partial charge in [-0.15, -0.1) is 0 Å². The first kappa shape index (κ1) is 89.7. The number of phosphoric ester groups is 2. The topological polar surface area (TPSA) is 231 Å². The van der Waals surface area contributed by atoms with E-state index in [0.29, 0.717) is 19.3 Å². The van der Waals surface area contributed by atoms with Gasteiger partial charge in [0, 0.05) is 19.3 Å². The molecule has 0 rings (SSSR count). The first-order valence-electron chi connectivity index (χ1n) is 36.9. The summed E-state index contributed by atoms with van der Waals surface area (Å²) in [5, 5.41) is 20.6. The number of unbranched alkanes of at least 4 members (excludes halogenated alkanes) is 33. The molecule has 18 heteroatoms. The Labute approximate surface area is 565 Å². The first-order valence-corrected chi connectivity index (χ1v) is 39.9. The van der Waals surface area contributed by atoms with Crippen LogP contribution in [0.3, 0.4) is 0 Å². The van der Waals surface area contributed by atoms with Crippen molar-refractivity contribution in [3.63, 3.8) is 0 Å². The summed E-state index contributed by atoms with van der Waals surface area (Å²) >= 11 is 0. The van der Waals surface area contributed by atoms with Crippen molar-refractivity contribution in [1.82, 2.24) is 0 Å². The van der Waals surface area contributed by atoms with Gasteiger partial charge in [0.05, 0.1) is 26.4 Å². The smallest absolute Gasteiger partial charge is 0.463 e. The van der Waals surface area contributed by atoms with Crippen LogP contribution in [0.4, 0.5) is 0 Å². The SMILES string of the molecule is CCC/C=C\C/C=C\CCCCCCCC(=O)OCC(COP(=O)(O)OCC(O)COP(=O)(O)OCC(O)COC(=O)CCCCCCCCCCCCCCCCCCC/C=C\C/C=C\C/C=C\C/C=C\CCCCC)OC(=O)CCCCCCC/C=C\CCCC. The Morgan fingerprint density at radius 2 is 0.570 bits per heavy atom. The number of allylic oxidation sites excluding steroid dienone is 14. The molecule has 0 aromatic rings. The number of carbonyl (C=O) groups is 3. The Morgan fingerprint density at radius 1 is 0.301 bits per heavy atom. The van der Waals surface area contributed by atoms with Crippen molar-refractivity contribution in [3.8, 4) is 0 Å². The second-order valence-corrected chi connectivity index (χ2v) is 27.6. The molecule has 0 saturated heterocycles. The lowest BCUT2D eigenvalue weighted by molar-refractivity contribution is -0.161. The van der Waals surface area contributed by atoms with Gasteiger partial charge in [-0.2, -0.15) is 0 Å². The van der Waals surface area contributed by atoms with Crippen LogP contribution in [-0.4, -0.2) is 95.9 Å². The minimum Gasteiger partial charge on any atom is -0.463 e. The molecule has 0 amide bonds. The van der Waals surface area contributed by atoms with E-state index in [4.69, 9.17) is 32.3 Å². The maximum absolute atomic E-state index is 12.8. The van der Waals surface area contributed by atoms with Crippen LogP contribution < -0.4 is 0 Å². The van der Waals surface area contributed by atoms with Crippen LogP contribution in [0.2, 0.25) is 0 Å². The fourth-order valence-corrected chi connectivity index (χ4v) is 11.5. The maximum Gasteiger partial charge on any atom is 0.472 e. The minimum absolute atomic E-state index is 0.0925. The summed E-state index contributed by atoms with van der Waals surface area (Å²) in [6, 6.07) is 0. The molecule has 540 valence electrons. The van der Waals surface area contributed by atoms with Crippen LogP contribution in [0.25, 0.3) is 0 Å². The summed E-state index contributed by atoms with van der Waals surface area (Å²) in [5.74, 6) is -1.59. The van der Waals surface area contributed by atoms with Crippen LogP contribution in [0.1, 0.15) is 316 Å². The minimum atomic E-state index is -4.92. The molecule has 0 saturated carbocycles. The second-order valence-electron chi connectivity index (χ2n) is 24.7. The van der Waals surface area contributed by atoms with Gasteiger partial charge in [-0.1, -0.05) is 273 Å². The molecule has 16 nitrogen and oxygen atoms in total. The number of hydrogen-bond donors (Lipinski definition) is 4. The van der Waals surface area contributed by atoms with Crippen molar-refractivity contribution in [2.24, 2.45) is 0 Å². The molecule has 0 aliphatic heterocycles. The van der Waals surface area contributed by atoms with Gasteiger partial charge in [0.2, 0.25) is 0 Å². The van der Waals surface area contributed by atoms with E-state index in [1.54, 1.807) is 0 Å². The number of aliphatic hydroxyl groups is 2. The lowest BCUT2D eigenvalue weighted by Gasteiger charge is -2.21. The lowest BCUT2D eigenvalue weighted by atomic mass is 10.0. The standard InChI is InChI=1S/C75H134O16P2/c1-4-7-10-13-16-19-22-24-25-26-27-28-29-30-31-32-33-34-35-36-37-38-39-40-41-42-43-45-48-49-52-55-58-61-73(78)85-64-70(76)65-87-92(81,82)88-66-71(77)67-89-93(83,84)90-69-72(91-75(80)63-60-57-54-51-46-21-18-15-12-9-6-3)68-86-74(79)62-59-56-53-50-47-44-23-20-17-14-11-8-5-2/h11,14-16,18-20,23-25,27-28,30-31,70-72,76-77H,4-10,12-13,17,21-22,26,29,32-69H2,1-3H3,(H,81,82)(H,83,84)/b14-11-,18-15-,19-16-,23-20-,25-24-,28-27-,31-30-. The molecule has 0 heterocycles. The van der Waals surface area contributed by atoms with Crippen molar-refractivity contribution in [2.75, 3.05) is 39.6 Å². The van der Waals surface area contributed by atoms with Crippen LogP contribution in [0.15, 0.2) is 85.1 Å². The Balaban J connectivity index is 4.29. The summed E-state index contributed by atoms with van der Waals surface area (Å²) in [7, 11) is -9.77. The average molecular weight is 1350 g/mol. The van der Waals surface area contributed by atoms with Gasteiger partial charge in [0.1, 0.15) is 25.4 Å². The average Bonchev–Trinajstić information content (AvgIpc) is 2.33. The third-order valence-electron chi connectivity index (χ3n) is 15.5. The highest BCUT2D eigenvalue weighted by Crippen LogP contribution is 2.45. The van der Waals surface area contributed by atoms with Gasteiger partial charge < -0.3 is 34.2 Å². The van der Waals surface area contributed by atoms with E-state index >= 15 is 0 Å². The van der Waals surface area contributed by atoms with Gasteiger partial charge >= 0.3 is 33.6 Å². The molecule has 0 aliphatic carbocycles. The quantitative estimate of drug-likeness (QED) is 0.0146. The largest absolute Gasteiger partial charge is 0.472 e. The molecule has 0 bridgehead atoms. The summed E-state index contributed by atoms with van der Waals surface area (Å²) in [6.45, 7) is 2.52. The highest BCUT2D eigenvalue weighted by molar-refractivity contribution is 7.47. The number of carbonyl (C=O) groups excluding carboxylic acids is 3. The van der Waals surface area contributed by atoms with E-state index in [1.807, 2.05) is 0 Å². The van der Waals surface area contributed by atoms with Gasteiger partial charge in [-0.05, 0) is 109 Å². The Morgan fingerprint density at radius 3 is 0.935 bits per heavy atom. The van der Waals surface area contributed by atoms with E-state index < -0.39 is 91.5 Å². The summed E-state index contributed by atoms with van der Waals surface area (Å²) < 4.78 is 60.8. The Kier molecular flexibility index (Phi) is 66.2. The zero-order chi connectivity index (χ0) is 68.1. The van der Waals surface area contributed by atoms with E-state index in [-0.39, 0.29) is 19.3 Å². The molecule has 0 aromatic heterocycles. The van der Waals surface area contributed by atoms with Gasteiger partial charge in [0.15, 0.2) is 6.10 Å². The van der Waals surface area contributed by atoms with Crippen molar-refractivity contribution in [1.29, 1.82) is 0 Å². The highest BCUT2D eigenvalue weighted by Gasteiger charge is 2.29. The molecule has 0 radical (unpaired) electrons. The van der Waals surface area contributed by atoms with E-state index in [2.05, 4.69) is 106 Å². The van der Waals surface area contributed by atoms with Crippen LogP contribution in [0, 0.1) is 0 Å². The van der Waals surface area contributed by atoms with Crippen molar-refractivity contribution in [3.05, 3.63) is 85.1 Å². The number of hydrogen-bond acceptors (Lipinski definition) is 14. The third-order valence-corrected chi connectivity index (χ3v) is 17.4. The molecule has 0 spiro atoms. The number of aliphatic hydroxyl groups excluding tert-OH is 2. The zero-order valence-electron chi connectivity index (χ0n) is 58.7. The molecule has 0 fully saturated rings. The monoisotopic (exact) mass is 1350 g/mol. The number of phosphoric acid groups is 2. The van der Waals surface area contributed by atoms with Crippen LogP contribution in [-0.2, 0) is 55.8 Å². The summed E-state index contributed by atoms with van der Waals surface area (Å²) in [6.07, 6.45) is 75.4. The van der Waals surface area contributed by atoms with Gasteiger partial charge in [0.25, 0.3) is 0 Å². The predicted molar refractivity (Wildman–Crippen MR) is 381 cm³/mol. The van der Waals surface area contributed by atoms with Crippen LogP contribution >= 0.6 is 15.6 Å². The highest BCUT2D eigenvalue weighted by atomic mass is 31.2. The third kappa shape index (κ3) is 69.9. The fraction of sp³-hybridized carbons (Fsp3) is 0.773. The van der Waals surface area contributed by atoms with Crippen molar-refractivity contribution in [2.45, 2.75) is 334 Å². The van der Waals surface area contributed by atoms with Crippen molar-refractivity contribution >= 4 is 33.6 Å². The van der Waals surface area contributed by atoms with Gasteiger partial charge in [-0.25, -0.2) is 9.13 Å². The van der Waals surface area contributed by atoms with Crippen LogP contribution in [0.5, 0.6) is 0 Å². The normalized spacial score (nSPS) is 14.6. The molecule has 5 atom stereocenters. The molecule has 4 N–H and O–H groups in total. The number of ether oxygens (including phenoxy) is 3. The molecule has 5 unspecified atom stereocenters. The first-order chi connectivity index (χ1) is 45.2. The summed E-state index contributed by atoms with van der Waals surface area (Å²) in [4.78, 5) is 58.3. The van der Waals surface area contributed by atoms with E-state index in [9.17, 15) is 43.5 Å². The summed E-state index contributed by atoms with van der Waals surface area (Å²) in [5.41, 5.74) is 0. The second kappa shape index (κ2) is 68.7. The van der Waals surface area contributed by atoms with Gasteiger partial charge in [-0.3, -0.25) is 32.5 Å². The van der Waals surface area contributed by atoms with Crippen molar-refractivity contribution < 1.29 is 75.8 Å². The Hall–Kier alpha value is -3.27. The molecule has 0 aromatic carbocycles. The molecular weight excluding hydrogens is 1220 g/mol. The maximum atomic E-state index is 12.8. The van der Waals surface area contributed by atoms with E-state index in [1.165, 1.54) is 128 Å². The lowest BCUT2D eigenvalue weighted by Crippen LogP contribution is -2.30. The molecule has 93 heavy (non-hydrogen) atoms. The Bertz CT molecular complexity index is 2040. The fourth-order valence-electron chi connectivity index (χ4n) is 9.87. The van der Waals surface area contributed by atoms with E-state index in [0.717, 1.165) is 128 Å². The number of esters is 3. The molecular formula is C75H134O16P2. The molecule has 0 aliphatic rings. The predicted octanol–water partition coefficient (Wildman–Crippen LogP) is 20.9. The number of rotatable bonds is 70.